The van der Waals surface area contributed by atoms with Gasteiger partial charge < -0.3 is 25.4 Å². The van der Waals surface area contributed by atoms with Gasteiger partial charge in [0.05, 0.1) is 12.1 Å². The number of aliphatic imine (C=N–C) groups is 1. The predicted octanol–water partition coefficient (Wildman–Crippen LogP) is 3.23. The van der Waals surface area contributed by atoms with E-state index in [1.54, 1.807) is 13.2 Å². The summed E-state index contributed by atoms with van der Waals surface area (Å²) in [4.78, 5) is 7.19. The summed E-state index contributed by atoms with van der Waals surface area (Å²) in [5.41, 5.74) is 1.10. The van der Waals surface area contributed by atoms with Crippen molar-refractivity contribution in [2.24, 2.45) is 4.99 Å². The van der Waals surface area contributed by atoms with Crippen molar-refractivity contribution >= 4 is 22.3 Å². The first-order chi connectivity index (χ1) is 13.7. The Balaban J connectivity index is 1.50. The minimum atomic E-state index is 0.165. The van der Waals surface area contributed by atoms with Gasteiger partial charge in [0, 0.05) is 32.2 Å². The number of anilines is 1. The molecule has 0 radical (unpaired) electrons. The fraction of sp³-hybridized carbons (Fsp3) is 0.476. The van der Waals surface area contributed by atoms with Crippen molar-refractivity contribution in [3.63, 3.8) is 0 Å². The molecule has 1 saturated heterocycles. The number of aromatic hydroxyl groups is 1. The molecule has 3 rings (SSSR count). The highest BCUT2D eigenvalue weighted by molar-refractivity contribution is 7.14. The summed E-state index contributed by atoms with van der Waals surface area (Å²) < 4.78 is 5.17. The zero-order chi connectivity index (χ0) is 19.8. The summed E-state index contributed by atoms with van der Waals surface area (Å²) >= 11 is 1.81. The SMILES string of the molecule is CCNC(=NCCc1ccc(O)c(OC)c1)NC1CCN(c2cccs2)CC1. The van der Waals surface area contributed by atoms with Gasteiger partial charge in [0.2, 0.25) is 0 Å². The van der Waals surface area contributed by atoms with Crippen LogP contribution in [0.15, 0.2) is 40.7 Å². The molecule has 3 N–H and O–H groups in total. The second kappa shape index (κ2) is 10.2. The van der Waals surface area contributed by atoms with Crippen LogP contribution in [-0.4, -0.2) is 50.4 Å². The normalized spacial score (nSPS) is 15.5. The number of nitrogens with zero attached hydrogens (tertiary/aromatic N) is 2. The molecule has 152 valence electrons. The molecule has 0 amide bonds. The highest BCUT2D eigenvalue weighted by atomic mass is 32.1. The molecule has 0 aliphatic carbocycles. The highest BCUT2D eigenvalue weighted by Gasteiger charge is 2.20. The van der Waals surface area contributed by atoms with Crippen LogP contribution in [0.25, 0.3) is 0 Å². The monoisotopic (exact) mass is 402 g/mol. The first-order valence-corrected chi connectivity index (χ1v) is 10.8. The number of guanidine groups is 1. The molecule has 2 heterocycles. The van der Waals surface area contributed by atoms with Gasteiger partial charge in [-0.15, -0.1) is 11.3 Å². The van der Waals surface area contributed by atoms with E-state index in [1.165, 1.54) is 5.00 Å². The van der Waals surface area contributed by atoms with Crippen LogP contribution in [0, 0.1) is 0 Å². The van der Waals surface area contributed by atoms with Gasteiger partial charge >= 0.3 is 0 Å². The smallest absolute Gasteiger partial charge is 0.191 e. The lowest BCUT2D eigenvalue weighted by Crippen LogP contribution is -2.48. The van der Waals surface area contributed by atoms with Crippen molar-refractivity contribution < 1.29 is 9.84 Å². The van der Waals surface area contributed by atoms with Crippen LogP contribution in [0.4, 0.5) is 5.00 Å². The fourth-order valence-corrected chi connectivity index (χ4v) is 4.17. The van der Waals surface area contributed by atoms with Crippen molar-refractivity contribution in [1.82, 2.24) is 10.6 Å². The molecule has 1 aromatic heterocycles. The summed E-state index contributed by atoms with van der Waals surface area (Å²) in [6, 6.07) is 10.2. The Bertz CT molecular complexity index is 756. The van der Waals surface area contributed by atoms with Gasteiger partial charge in [-0.25, -0.2) is 0 Å². The molecule has 0 unspecified atom stereocenters. The summed E-state index contributed by atoms with van der Waals surface area (Å²) in [7, 11) is 1.56. The highest BCUT2D eigenvalue weighted by Crippen LogP contribution is 2.26. The summed E-state index contributed by atoms with van der Waals surface area (Å²) in [6.07, 6.45) is 3.01. The number of hydrogen-bond acceptors (Lipinski definition) is 5. The standard InChI is InChI=1S/C21H30N4O2S/c1-3-22-21(23-11-8-16-6-7-18(26)19(15-16)27-2)24-17-9-12-25(13-10-17)20-5-4-14-28-20/h4-7,14-15,17,26H,3,8-13H2,1-2H3,(H2,22,23,24). The minimum Gasteiger partial charge on any atom is -0.504 e. The average Bonchev–Trinajstić information content (AvgIpc) is 3.25. The number of piperidine rings is 1. The maximum absolute atomic E-state index is 9.70. The van der Waals surface area contributed by atoms with Crippen LogP contribution in [0.3, 0.4) is 0 Å². The van der Waals surface area contributed by atoms with Crippen molar-refractivity contribution in [3.05, 3.63) is 41.3 Å². The zero-order valence-electron chi connectivity index (χ0n) is 16.6. The average molecular weight is 403 g/mol. The minimum absolute atomic E-state index is 0.165. The van der Waals surface area contributed by atoms with Gasteiger partial charge in [-0.2, -0.15) is 0 Å². The van der Waals surface area contributed by atoms with Gasteiger partial charge in [-0.1, -0.05) is 6.07 Å². The molecule has 0 bridgehead atoms. The van der Waals surface area contributed by atoms with Crippen LogP contribution >= 0.6 is 11.3 Å². The van der Waals surface area contributed by atoms with E-state index in [-0.39, 0.29) is 5.75 Å². The van der Waals surface area contributed by atoms with E-state index in [9.17, 15) is 5.11 Å². The Hall–Kier alpha value is -2.41. The molecular formula is C21H30N4O2S. The second-order valence-electron chi connectivity index (χ2n) is 6.87. The van der Waals surface area contributed by atoms with Crippen molar-refractivity contribution in [2.75, 3.05) is 38.2 Å². The molecule has 7 heteroatoms. The maximum Gasteiger partial charge on any atom is 0.191 e. The third-order valence-electron chi connectivity index (χ3n) is 4.91. The number of ether oxygens (including phenoxy) is 1. The lowest BCUT2D eigenvalue weighted by molar-refractivity contribution is 0.373. The summed E-state index contributed by atoms with van der Waals surface area (Å²) in [5.74, 6) is 1.55. The number of phenolic OH excluding ortho intramolecular Hbond substituents is 1. The quantitative estimate of drug-likeness (QED) is 0.490. The molecule has 1 aliphatic heterocycles. The number of phenols is 1. The number of nitrogens with one attached hydrogen (secondary N) is 2. The number of methoxy groups -OCH3 is 1. The zero-order valence-corrected chi connectivity index (χ0v) is 17.5. The number of rotatable bonds is 7. The Labute approximate surface area is 171 Å². The van der Waals surface area contributed by atoms with Crippen molar-refractivity contribution in [1.29, 1.82) is 0 Å². The molecule has 0 saturated carbocycles. The Kier molecular flexibility index (Phi) is 7.42. The van der Waals surface area contributed by atoms with E-state index in [0.717, 1.165) is 50.4 Å². The lowest BCUT2D eigenvalue weighted by Gasteiger charge is -2.33. The molecule has 2 aromatic rings. The molecular weight excluding hydrogens is 372 g/mol. The van der Waals surface area contributed by atoms with Gasteiger partial charge in [-0.05, 0) is 61.4 Å². The van der Waals surface area contributed by atoms with Crippen LogP contribution in [0.1, 0.15) is 25.3 Å². The molecule has 28 heavy (non-hydrogen) atoms. The number of thiophene rings is 1. The molecule has 6 nitrogen and oxygen atoms in total. The van der Waals surface area contributed by atoms with Crippen LogP contribution in [0.5, 0.6) is 11.5 Å². The number of hydrogen-bond donors (Lipinski definition) is 3. The third kappa shape index (κ3) is 5.55. The van der Waals surface area contributed by atoms with E-state index < -0.39 is 0 Å². The first kappa shape index (κ1) is 20.3. The van der Waals surface area contributed by atoms with E-state index in [2.05, 4.69) is 40.0 Å². The molecule has 1 aliphatic rings. The lowest BCUT2D eigenvalue weighted by atomic mass is 10.1. The Morgan fingerprint density at radius 3 is 2.82 bits per heavy atom. The van der Waals surface area contributed by atoms with Crippen LogP contribution < -0.4 is 20.3 Å². The Morgan fingerprint density at radius 2 is 2.14 bits per heavy atom. The van der Waals surface area contributed by atoms with E-state index >= 15 is 0 Å². The molecule has 0 atom stereocenters. The van der Waals surface area contributed by atoms with E-state index in [0.29, 0.717) is 18.3 Å². The third-order valence-corrected chi connectivity index (χ3v) is 5.84. The molecule has 1 aromatic carbocycles. The van der Waals surface area contributed by atoms with Gasteiger partial charge in [0.15, 0.2) is 17.5 Å². The number of benzene rings is 1. The van der Waals surface area contributed by atoms with Crippen molar-refractivity contribution in [2.45, 2.75) is 32.2 Å². The fourth-order valence-electron chi connectivity index (χ4n) is 3.38. The topological polar surface area (TPSA) is 69.1 Å². The van der Waals surface area contributed by atoms with E-state index in [1.807, 2.05) is 23.5 Å². The van der Waals surface area contributed by atoms with Crippen LogP contribution in [0.2, 0.25) is 0 Å². The predicted molar refractivity (Wildman–Crippen MR) is 117 cm³/mol. The largest absolute Gasteiger partial charge is 0.504 e. The summed E-state index contributed by atoms with van der Waals surface area (Å²) in [5, 5.41) is 20.1. The Morgan fingerprint density at radius 1 is 1.32 bits per heavy atom. The van der Waals surface area contributed by atoms with Gasteiger partial charge in [0.1, 0.15) is 0 Å². The van der Waals surface area contributed by atoms with Crippen molar-refractivity contribution in [3.8, 4) is 11.5 Å². The molecule has 1 fully saturated rings. The van der Waals surface area contributed by atoms with Crippen LogP contribution in [-0.2, 0) is 6.42 Å². The maximum atomic E-state index is 9.70. The first-order valence-electron chi connectivity index (χ1n) is 9.88. The van der Waals surface area contributed by atoms with Gasteiger partial charge in [0.25, 0.3) is 0 Å². The summed E-state index contributed by atoms with van der Waals surface area (Å²) in [6.45, 7) is 5.75. The van der Waals surface area contributed by atoms with E-state index in [4.69, 9.17) is 9.73 Å². The molecule has 0 spiro atoms. The van der Waals surface area contributed by atoms with Gasteiger partial charge in [-0.3, -0.25) is 4.99 Å². The second-order valence-corrected chi connectivity index (χ2v) is 7.80.